The molecule has 0 N–H and O–H groups in total. The summed E-state index contributed by atoms with van der Waals surface area (Å²) in [4.78, 5) is 8.70. The molecule has 1 aromatic carbocycles. The Hall–Kier alpha value is -1.04. The van der Waals surface area contributed by atoms with Gasteiger partial charge in [-0.15, -0.1) is 0 Å². The Morgan fingerprint density at radius 2 is 1.88 bits per heavy atom. The van der Waals surface area contributed by atoms with Gasteiger partial charge in [-0.2, -0.15) is 13.2 Å². The lowest BCUT2D eigenvalue weighted by molar-refractivity contribution is -0.168. The number of hydrogen-bond donors (Lipinski definition) is 0. The van der Waals surface area contributed by atoms with E-state index in [-0.39, 0.29) is 6.61 Å². The standard InChI is InChI=1S/C10H8BrF3O2/c11-8(10(12,13)14)9(15)16-6-7-4-2-1-3-5-7/h1-5,8H,6H2. The van der Waals surface area contributed by atoms with Gasteiger partial charge in [0.1, 0.15) is 6.61 Å². The van der Waals surface area contributed by atoms with E-state index in [4.69, 9.17) is 0 Å². The Balaban J connectivity index is 2.48. The minimum Gasteiger partial charge on any atom is -0.460 e. The number of hydrogen-bond acceptors (Lipinski definition) is 2. The van der Waals surface area contributed by atoms with Crippen molar-refractivity contribution >= 4 is 21.9 Å². The van der Waals surface area contributed by atoms with Crippen LogP contribution in [0.3, 0.4) is 0 Å². The van der Waals surface area contributed by atoms with Crippen LogP contribution in [0.4, 0.5) is 13.2 Å². The fourth-order valence-electron chi connectivity index (χ4n) is 0.935. The van der Waals surface area contributed by atoms with Crippen molar-refractivity contribution in [3.63, 3.8) is 0 Å². The summed E-state index contributed by atoms with van der Waals surface area (Å²) in [6.07, 6.45) is -4.63. The van der Waals surface area contributed by atoms with Gasteiger partial charge in [0.25, 0.3) is 0 Å². The topological polar surface area (TPSA) is 26.3 Å². The third kappa shape index (κ3) is 3.84. The molecule has 0 aliphatic carbocycles. The van der Waals surface area contributed by atoms with Gasteiger partial charge in [0, 0.05) is 0 Å². The molecular weight excluding hydrogens is 289 g/mol. The molecule has 0 aromatic heterocycles. The van der Waals surface area contributed by atoms with E-state index >= 15 is 0 Å². The molecule has 0 radical (unpaired) electrons. The van der Waals surface area contributed by atoms with Crippen LogP contribution < -0.4 is 0 Å². The van der Waals surface area contributed by atoms with E-state index in [1.54, 1.807) is 30.3 Å². The van der Waals surface area contributed by atoms with Crippen molar-refractivity contribution in [3.05, 3.63) is 35.9 Å². The third-order valence-electron chi connectivity index (χ3n) is 1.72. The van der Waals surface area contributed by atoms with Crippen LogP contribution in [0, 0.1) is 0 Å². The molecular formula is C10H8BrF3O2. The molecule has 0 saturated heterocycles. The molecule has 16 heavy (non-hydrogen) atoms. The minimum absolute atomic E-state index is 0.169. The zero-order valence-corrected chi connectivity index (χ0v) is 9.59. The van der Waals surface area contributed by atoms with Crippen molar-refractivity contribution in [2.45, 2.75) is 17.6 Å². The molecule has 0 saturated carbocycles. The highest BCUT2D eigenvalue weighted by Gasteiger charge is 2.44. The normalized spacial score (nSPS) is 13.2. The first-order chi connectivity index (χ1) is 7.41. The average Bonchev–Trinajstić information content (AvgIpc) is 2.25. The molecule has 1 aromatic rings. The van der Waals surface area contributed by atoms with E-state index in [1.165, 1.54) is 0 Å². The first kappa shape index (κ1) is 13.0. The molecule has 1 atom stereocenters. The first-order valence-electron chi connectivity index (χ1n) is 4.32. The number of esters is 1. The first-order valence-corrected chi connectivity index (χ1v) is 5.24. The fourth-order valence-corrected chi connectivity index (χ4v) is 1.07. The van der Waals surface area contributed by atoms with E-state index in [1.807, 2.05) is 0 Å². The predicted molar refractivity (Wildman–Crippen MR) is 55.0 cm³/mol. The van der Waals surface area contributed by atoms with E-state index in [0.717, 1.165) is 0 Å². The molecule has 6 heteroatoms. The zero-order valence-electron chi connectivity index (χ0n) is 8.00. The van der Waals surface area contributed by atoms with Crippen molar-refractivity contribution in [1.82, 2.24) is 0 Å². The van der Waals surface area contributed by atoms with Gasteiger partial charge in [-0.05, 0) is 5.56 Å². The van der Waals surface area contributed by atoms with Crippen LogP contribution in [-0.4, -0.2) is 17.0 Å². The van der Waals surface area contributed by atoms with Crippen molar-refractivity contribution in [2.75, 3.05) is 0 Å². The van der Waals surface area contributed by atoms with Crippen LogP contribution in [0.5, 0.6) is 0 Å². The Morgan fingerprint density at radius 3 is 2.38 bits per heavy atom. The van der Waals surface area contributed by atoms with Gasteiger partial charge in [0.05, 0.1) is 0 Å². The molecule has 0 fully saturated rings. The van der Waals surface area contributed by atoms with Gasteiger partial charge < -0.3 is 4.74 Å². The number of rotatable bonds is 3. The number of ether oxygens (including phenoxy) is 1. The van der Waals surface area contributed by atoms with Gasteiger partial charge >= 0.3 is 12.1 Å². The summed E-state index contributed by atoms with van der Waals surface area (Å²) in [6, 6.07) is 8.49. The van der Waals surface area contributed by atoms with Crippen LogP contribution in [0.1, 0.15) is 5.56 Å². The van der Waals surface area contributed by atoms with E-state index < -0.39 is 17.0 Å². The Bertz CT molecular complexity index is 351. The van der Waals surface area contributed by atoms with E-state index in [0.29, 0.717) is 5.56 Å². The SMILES string of the molecule is O=C(OCc1ccccc1)C(Br)C(F)(F)F. The van der Waals surface area contributed by atoms with Crippen molar-refractivity contribution < 1.29 is 22.7 Å². The summed E-state index contributed by atoms with van der Waals surface area (Å²) in [7, 11) is 0. The van der Waals surface area contributed by atoms with E-state index in [2.05, 4.69) is 20.7 Å². The molecule has 0 heterocycles. The Morgan fingerprint density at radius 1 is 1.31 bits per heavy atom. The summed E-state index contributed by atoms with van der Waals surface area (Å²) in [5.41, 5.74) is 0.637. The van der Waals surface area contributed by atoms with Crippen LogP contribution in [0.15, 0.2) is 30.3 Å². The molecule has 0 spiro atoms. The molecule has 0 aliphatic rings. The predicted octanol–water partition coefficient (Wildman–Crippen LogP) is 3.06. The second-order valence-corrected chi connectivity index (χ2v) is 3.91. The van der Waals surface area contributed by atoms with Gasteiger partial charge in [0.15, 0.2) is 0 Å². The second kappa shape index (κ2) is 5.34. The highest BCUT2D eigenvalue weighted by atomic mass is 79.9. The van der Waals surface area contributed by atoms with Crippen LogP contribution in [-0.2, 0) is 16.1 Å². The molecule has 1 rings (SSSR count). The largest absolute Gasteiger partial charge is 0.460 e. The van der Waals surface area contributed by atoms with Crippen molar-refractivity contribution in [1.29, 1.82) is 0 Å². The molecule has 0 bridgehead atoms. The van der Waals surface area contributed by atoms with Crippen molar-refractivity contribution in [2.24, 2.45) is 0 Å². The van der Waals surface area contributed by atoms with E-state index in [9.17, 15) is 18.0 Å². The van der Waals surface area contributed by atoms with Gasteiger partial charge in [0.2, 0.25) is 4.83 Å². The molecule has 2 nitrogen and oxygen atoms in total. The summed E-state index contributed by atoms with van der Waals surface area (Å²) >= 11 is 2.24. The lowest BCUT2D eigenvalue weighted by atomic mass is 10.2. The molecule has 0 amide bonds. The minimum atomic E-state index is -4.63. The highest BCUT2D eigenvalue weighted by molar-refractivity contribution is 9.10. The zero-order chi connectivity index (χ0) is 12.2. The molecule has 0 aliphatic heterocycles. The van der Waals surface area contributed by atoms with Crippen LogP contribution in [0.2, 0.25) is 0 Å². The summed E-state index contributed by atoms with van der Waals surface area (Å²) in [5.74, 6) is -1.34. The maximum Gasteiger partial charge on any atom is 0.411 e. The average molecular weight is 297 g/mol. The van der Waals surface area contributed by atoms with Crippen LogP contribution >= 0.6 is 15.9 Å². The lowest BCUT2D eigenvalue weighted by Crippen LogP contribution is -2.32. The number of carbonyl (C=O) groups is 1. The second-order valence-electron chi connectivity index (χ2n) is 3.00. The number of benzene rings is 1. The number of carbonyl (C=O) groups excluding carboxylic acids is 1. The van der Waals surface area contributed by atoms with Gasteiger partial charge in [-0.3, -0.25) is 4.79 Å². The van der Waals surface area contributed by atoms with Crippen molar-refractivity contribution in [3.8, 4) is 0 Å². The fraction of sp³-hybridized carbons (Fsp3) is 0.300. The Kier molecular flexibility index (Phi) is 4.35. The van der Waals surface area contributed by atoms with Crippen LogP contribution in [0.25, 0.3) is 0 Å². The summed E-state index contributed by atoms with van der Waals surface area (Å²) < 4.78 is 40.7. The van der Waals surface area contributed by atoms with Gasteiger partial charge in [-0.25, -0.2) is 0 Å². The monoisotopic (exact) mass is 296 g/mol. The molecule has 1 unspecified atom stereocenters. The third-order valence-corrected chi connectivity index (χ3v) is 2.61. The summed E-state index contributed by atoms with van der Waals surface area (Å²) in [6.45, 7) is -0.169. The Labute approximate surface area is 98.5 Å². The maximum atomic E-state index is 12.1. The number of halogens is 4. The number of alkyl halides is 4. The molecule has 88 valence electrons. The quantitative estimate of drug-likeness (QED) is 0.633. The highest BCUT2D eigenvalue weighted by Crippen LogP contribution is 2.27. The summed E-state index contributed by atoms with van der Waals surface area (Å²) in [5, 5.41) is 0. The van der Waals surface area contributed by atoms with Gasteiger partial charge in [-0.1, -0.05) is 46.3 Å². The maximum absolute atomic E-state index is 12.1. The lowest BCUT2D eigenvalue weighted by Gasteiger charge is -2.13. The smallest absolute Gasteiger partial charge is 0.411 e.